The molecule has 0 bridgehead atoms. The number of benzene rings is 2. The fourth-order valence-electron chi connectivity index (χ4n) is 2.27. The quantitative estimate of drug-likeness (QED) is 0.804. The van der Waals surface area contributed by atoms with E-state index in [-0.39, 0.29) is 0 Å². The first-order valence-corrected chi connectivity index (χ1v) is 6.72. The van der Waals surface area contributed by atoms with Crippen LogP contribution in [-0.2, 0) is 6.42 Å². The van der Waals surface area contributed by atoms with Crippen LogP contribution in [0, 0.1) is 0 Å². The molecule has 2 rings (SSSR count). The molecular formula is C17H21N. The zero-order valence-electron chi connectivity index (χ0n) is 11.0. The van der Waals surface area contributed by atoms with Gasteiger partial charge in [0.05, 0.1) is 0 Å². The highest BCUT2D eigenvalue weighted by atomic mass is 14.9. The Kier molecular flexibility index (Phi) is 4.98. The van der Waals surface area contributed by atoms with Crippen LogP contribution >= 0.6 is 0 Å². The predicted octanol–water partition coefficient (Wildman–Crippen LogP) is 3.97. The average molecular weight is 239 g/mol. The molecule has 2 aromatic carbocycles. The highest BCUT2D eigenvalue weighted by Crippen LogP contribution is 2.18. The van der Waals surface area contributed by atoms with E-state index in [0.29, 0.717) is 6.04 Å². The first-order chi connectivity index (χ1) is 8.90. The van der Waals surface area contributed by atoms with Gasteiger partial charge in [0, 0.05) is 6.04 Å². The Morgan fingerprint density at radius 2 is 1.50 bits per heavy atom. The first-order valence-electron chi connectivity index (χ1n) is 6.72. The third-order valence-electron chi connectivity index (χ3n) is 3.22. The third kappa shape index (κ3) is 3.71. The summed E-state index contributed by atoms with van der Waals surface area (Å²) >= 11 is 0. The SMILES string of the molecule is CCNC(CCc1ccccc1)c1ccccc1. The highest BCUT2D eigenvalue weighted by molar-refractivity contribution is 5.20. The van der Waals surface area contributed by atoms with Gasteiger partial charge in [0.1, 0.15) is 0 Å². The zero-order valence-corrected chi connectivity index (χ0v) is 11.0. The van der Waals surface area contributed by atoms with Crippen molar-refractivity contribution in [2.24, 2.45) is 0 Å². The summed E-state index contributed by atoms with van der Waals surface area (Å²) in [5, 5.41) is 3.57. The minimum atomic E-state index is 0.455. The predicted molar refractivity (Wildman–Crippen MR) is 77.6 cm³/mol. The Morgan fingerprint density at radius 1 is 0.889 bits per heavy atom. The van der Waals surface area contributed by atoms with Crippen molar-refractivity contribution in [1.29, 1.82) is 0 Å². The molecule has 1 unspecified atom stereocenters. The van der Waals surface area contributed by atoms with Gasteiger partial charge in [0.2, 0.25) is 0 Å². The second-order valence-electron chi connectivity index (χ2n) is 4.55. The van der Waals surface area contributed by atoms with Crippen LogP contribution in [0.1, 0.15) is 30.5 Å². The molecule has 0 radical (unpaired) electrons. The van der Waals surface area contributed by atoms with Crippen molar-refractivity contribution >= 4 is 0 Å². The van der Waals surface area contributed by atoms with E-state index < -0.39 is 0 Å². The Bertz CT molecular complexity index is 436. The minimum absolute atomic E-state index is 0.455. The molecule has 0 aliphatic rings. The van der Waals surface area contributed by atoms with Crippen LogP contribution in [0.4, 0.5) is 0 Å². The van der Waals surface area contributed by atoms with Gasteiger partial charge in [-0.15, -0.1) is 0 Å². The van der Waals surface area contributed by atoms with E-state index >= 15 is 0 Å². The summed E-state index contributed by atoms with van der Waals surface area (Å²) in [5.41, 5.74) is 2.80. The van der Waals surface area contributed by atoms with Gasteiger partial charge in [-0.3, -0.25) is 0 Å². The Hall–Kier alpha value is -1.60. The smallest absolute Gasteiger partial charge is 0.0323 e. The Morgan fingerprint density at radius 3 is 2.11 bits per heavy atom. The Balaban J connectivity index is 1.99. The normalized spacial score (nSPS) is 12.3. The standard InChI is InChI=1S/C17H21N/c1-2-18-17(16-11-7-4-8-12-16)14-13-15-9-5-3-6-10-15/h3-12,17-18H,2,13-14H2,1H3. The van der Waals surface area contributed by atoms with E-state index in [4.69, 9.17) is 0 Å². The second-order valence-corrected chi connectivity index (χ2v) is 4.55. The summed E-state index contributed by atoms with van der Waals surface area (Å²) in [5.74, 6) is 0. The van der Waals surface area contributed by atoms with Gasteiger partial charge in [-0.05, 0) is 30.5 Å². The third-order valence-corrected chi connectivity index (χ3v) is 3.22. The van der Waals surface area contributed by atoms with Crippen LogP contribution < -0.4 is 5.32 Å². The Labute approximate surface area is 110 Å². The number of rotatable bonds is 6. The number of hydrogen-bond donors (Lipinski definition) is 1. The van der Waals surface area contributed by atoms with Crippen LogP contribution in [0.2, 0.25) is 0 Å². The fraction of sp³-hybridized carbons (Fsp3) is 0.294. The van der Waals surface area contributed by atoms with E-state index in [9.17, 15) is 0 Å². The van der Waals surface area contributed by atoms with Crippen molar-refractivity contribution in [3.05, 3.63) is 71.8 Å². The number of hydrogen-bond acceptors (Lipinski definition) is 1. The van der Waals surface area contributed by atoms with E-state index in [0.717, 1.165) is 19.4 Å². The molecule has 1 N–H and O–H groups in total. The first kappa shape index (κ1) is 12.8. The summed E-state index contributed by atoms with van der Waals surface area (Å²) in [6.07, 6.45) is 2.26. The lowest BCUT2D eigenvalue weighted by Gasteiger charge is -2.18. The lowest BCUT2D eigenvalue weighted by Crippen LogP contribution is -2.21. The van der Waals surface area contributed by atoms with Gasteiger partial charge in [-0.1, -0.05) is 67.6 Å². The van der Waals surface area contributed by atoms with Crippen LogP contribution in [0.3, 0.4) is 0 Å². The summed E-state index contributed by atoms with van der Waals surface area (Å²) in [6, 6.07) is 21.9. The molecule has 0 saturated heterocycles. The van der Waals surface area contributed by atoms with Crippen molar-refractivity contribution < 1.29 is 0 Å². The maximum atomic E-state index is 3.57. The van der Waals surface area contributed by atoms with Crippen LogP contribution in [0.5, 0.6) is 0 Å². The molecule has 0 saturated carbocycles. The summed E-state index contributed by atoms with van der Waals surface area (Å²) in [6.45, 7) is 3.17. The maximum Gasteiger partial charge on any atom is 0.0323 e. The monoisotopic (exact) mass is 239 g/mol. The van der Waals surface area contributed by atoms with Gasteiger partial charge in [0.25, 0.3) is 0 Å². The molecule has 94 valence electrons. The van der Waals surface area contributed by atoms with Crippen molar-refractivity contribution in [3.63, 3.8) is 0 Å². The van der Waals surface area contributed by atoms with Crippen molar-refractivity contribution in [2.45, 2.75) is 25.8 Å². The molecular weight excluding hydrogens is 218 g/mol. The molecule has 18 heavy (non-hydrogen) atoms. The summed E-state index contributed by atoms with van der Waals surface area (Å²) in [4.78, 5) is 0. The zero-order chi connectivity index (χ0) is 12.6. The molecule has 0 spiro atoms. The van der Waals surface area contributed by atoms with E-state index in [1.165, 1.54) is 11.1 Å². The summed E-state index contributed by atoms with van der Waals surface area (Å²) in [7, 11) is 0. The second kappa shape index (κ2) is 6.97. The van der Waals surface area contributed by atoms with Gasteiger partial charge >= 0.3 is 0 Å². The van der Waals surface area contributed by atoms with Crippen molar-refractivity contribution in [3.8, 4) is 0 Å². The lowest BCUT2D eigenvalue weighted by atomic mass is 9.99. The number of nitrogens with one attached hydrogen (secondary N) is 1. The van der Waals surface area contributed by atoms with Gasteiger partial charge in [0.15, 0.2) is 0 Å². The molecule has 1 heteroatoms. The van der Waals surface area contributed by atoms with E-state index in [1.54, 1.807) is 0 Å². The van der Waals surface area contributed by atoms with Gasteiger partial charge < -0.3 is 5.32 Å². The van der Waals surface area contributed by atoms with Crippen LogP contribution in [-0.4, -0.2) is 6.54 Å². The fourth-order valence-corrected chi connectivity index (χ4v) is 2.27. The number of aryl methyl sites for hydroxylation is 1. The van der Waals surface area contributed by atoms with Crippen LogP contribution in [0.15, 0.2) is 60.7 Å². The topological polar surface area (TPSA) is 12.0 Å². The molecule has 0 aliphatic carbocycles. The van der Waals surface area contributed by atoms with Gasteiger partial charge in [-0.2, -0.15) is 0 Å². The molecule has 0 amide bonds. The molecule has 0 aliphatic heterocycles. The van der Waals surface area contributed by atoms with Gasteiger partial charge in [-0.25, -0.2) is 0 Å². The van der Waals surface area contributed by atoms with Crippen molar-refractivity contribution in [1.82, 2.24) is 5.32 Å². The maximum absolute atomic E-state index is 3.57. The van der Waals surface area contributed by atoms with Crippen LogP contribution in [0.25, 0.3) is 0 Å². The highest BCUT2D eigenvalue weighted by Gasteiger charge is 2.09. The molecule has 1 atom stereocenters. The van der Waals surface area contributed by atoms with Crippen molar-refractivity contribution in [2.75, 3.05) is 6.54 Å². The molecule has 0 aromatic heterocycles. The molecule has 2 aromatic rings. The molecule has 0 heterocycles. The lowest BCUT2D eigenvalue weighted by molar-refractivity contribution is 0.515. The molecule has 1 nitrogen and oxygen atoms in total. The summed E-state index contributed by atoms with van der Waals surface area (Å²) < 4.78 is 0. The minimum Gasteiger partial charge on any atom is -0.310 e. The molecule has 0 fully saturated rings. The van der Waals surface area contributed by atoms with E-state index in [2.05, 4.69) is 72.9 Å². The average Bonchev–Trinajstić information content (AvgIpc) is 2.45. The largest absolute Gasteiger partial charge is 0.310 e. The van der Waals surface area contributed by atoms with E-state index in [1.807, 2.05) is 0 Å².